The lowest BCUT2D eigenvalue weighted by atomic mass is 9.85. The summed E-state index contributed by atoms with van der Waals surface area (Å²) in [6, 6.07) is -2.73. The van der Waals surface area contributed by atoms with Gasteiger partial charge in [0.15, 0.2) is 0 Å². The van der Waals surface area contributed by atoms with E-state index >= 15 is 0 Å². The van der Waals surface area contributed by atoms with Crippen molar-refractivity contribution in [2.45, 2.75) is 52.6 Å². The number of nitrogens with zero attached hydrogens (tertiary/aromatic N) is 2. The summed E-state index contributed by atoms with van der Waals surface area (Å²) in [6.07, 6.45) is 1.42. The van der Waals surface area contributed by atoms with Crippen LogP contribution in [-0.4, -0.2) is 41.4 Å². The van der Waals surface area contributed by atoms with Crippen LogP contribution in [0.15, 0.2) is 5.18 Å². The molecule has 0 aromatic rings. The van der Waals surface area contributed by atoms with E-state index in [4.69, 9.17) is 5.73 Å². The van der Waals surface area contributed by atoms with E-state index in [1.165, 1.54) is 4.90 Å². The lowest BCUT2D eigenvalue weighted by Gasteiger charge is -2.35. The second-order valence-electron chi connectivity index (χ2n) is 6.68. The molecular weight excluding hydrogens is 288 g/mol. The fourth-order valence-corrected chi connectivity index (χ4v) is 2.88. The van der Waals surface area contributed by atoms with E-state index in [0.29, 0.717) is 13.0 Å². The number of rotatable bonds is 4. The van der Waals surface area contributed by atoms with Crippen LogP contribution in [0.5, 0.6) is 0 Å². The normalized spacial score (nSPS) is 23.0. The van der Waals surface area contributed by atoms with Crippen LogP contribution in [-0.2, 0) is 9.59 Å². The monoisotopic (exact) mass is 312 g/mol. The van der Waals surface area contributed by atoms with Crippen LogP contribution >= 0.6 is 0 Å². The lowest BCUT2D eigenvalue weighted by molar-refractivity contribution is -0.141. The highest BCUT2D eigenvalue weighted by Gasteiger charge is 2.44. The molecule has 8 heteroatoms. The Kier molecular flexibility index (Phi) is 5.62. The Bertz CT molecular complexity index is 472. The highest BCUT2D eigenvalue weighted by molar-refractivity contribution is 5.92. The van der Waals surface area contributed by atoms with E-state index in [9.17, 15) is 19.3 Å². The molecule has 3 N–H and O–H groups in total. The molecule has 0 radical (unpaired) electrons. The van der Waals surface area contributed by atoms with E-state index in [0.717, 1.165) is 6.42 Å². The summed E-state index contributed by atoms with van der Waals surface area (Å²) >= 11 is 0. The highest BCUT2D eigenvalue weighted by Crippen LogP contribution is 2.30. The second-order valence-corrected chi connectivity index (χ2v) is 6.68. The zero-order valence-electron chi connectivity index (χ0n) is 13.5. The van der Waals surface area contributed by atoms with Gasteiger partial charge in [0.25, 0.3) is 0 Å². The minimum absolute atomic E-state index is 0.0157. The van der Waals surface area contributed by atoms with Gasteiger partial charge >= 0.3 is 6.03 Å². The number of hydrogen-bond acceptors (Lipinski definition) is 4. The molecule has 0 aromatic heterocycles. The minimum Gasteiger partial charge on any atom is -0.368 e. The summed E-state index contributed by atoms with van der Waals surface area (Å²) in [7, 11) is 0. The molecule has 4 amide bonds. The largest absolute Gasteiger partial charge is 0.379 e. The van der Waals surface area contributed by atoms with Gasteiger partial charge in [0, 0.05) is 11.7 Å². The molecule has 1 rings (SSSR count). The Labute approximate surface area is 129 Å². The topological polar surface area (TPSA) is 122 Å². The standard InChI is InChI=1S/C14H24N4O4/c1-5-8-6-7-18(9(8)11(15)19)12(20)10(14(2,3)4)16-13(21)17-22/h8-10H,5-7H2,1-4H3,(H2,15,19)(H,16,21)/t8?,9?,10-/m1/s1. The molecule has 1 fully saturated rings. The third-order valence-corrected chi connectivity index (χ3v) is 4.09. The molecule has 1 aliphatic heterocycles. The van der Waals surface area contributed by atoms with Crippen molar-refractivity contribution in [2.24, 2.45) is 22.2 Å². The van der Waals surface area contributed by atoms with Crippen molar-refractivity contribution in [1.82, 2.24) is 10.2 Å². The van der Waals surface area contributed by atoms with Crippen LogP contribution in [0.4, 0.5) is 4.79 Å². The van der Waals surface area contributed by atoms with Gasteiger partial charge in [-0.2, -0.15) is 0 Å². The van der Waals surface area contributed by atoms with Gasteiger partial charge in [0.1, 0.15) is 12.1 Å². The van der Waals surface area contributed by atoms with Crippen molar-refractivity contribution >= 4 is 17.8 Å². The zero-order valence-corrected chi connectivity index (χ0v) is 13.5. The summed E-state index contributed by atoms with van der Waals surface area (Å²) in [5, 5.41) is 4.59. The van der Waals surface area contributed by atoms with Gasteiger partial charge in [-0.1, -0.05) is 34.1 Å². The van der Waals surface area contributed by atoms with Gasteiger partial charge in [-0.25, -0.2) is 4.79 Å². The summed E-state index contributed by atoms with van der Waals surface area (Å²) in [5.41, 5.74) is 4.80. The molecular formula is C14H24N4O4. The van der Waals surface area contributed by atoms with E-state index in [1.54, 1.807) is 20.8 Å². The van der Waals surface area contributed by atoms with Crippen molar-refractivity contribution < 1.29 is 14.4 Å². The van der Waals surface area contributed by atoms with Crippen LogP contribution in [0.1, 0.15) is 40.5 Å². The fourth-order valence-electron chi connectivity index (χ4n) is 2.88. The zero-order chi connectivity index (χ0) is 17.1. The summed E-state index contributed by atoms with van der Waals surface area (Å²) in [6.45, 7) is 7.61. The average Bonchev–Trinajstić information content (AvgIpc) is 2.86. The third-order valence-electron chi connectivity index (χ3n) is 4.09. The predicted octanol–water partition coefficient (Wildman–Crippen LogP) is 0.989. The first-order valence-corrected chi connectivity index (χ1v) is 7.37. The summed E-state index contributed by atoms with van der Waals surface area (Å²) in [5.74, 6) is -0.948. The highest BCUT2D eigenvalue weighted by atomic mass is 16.3. The third kappa shape index (κ3) is 3.80. The van der Waals surface area contributed by atoms with Crippen LogP contribution in [0.25, 0.3) is 0 Å². The SMILES string of the molecule is CCC1CCN(C(=O)[C@@H](NC(=O)N=O)C(C)(C)C)C1C(N)=O. The van der Waals surface area contributed by atoms with Crippen LogP contribution in [0, 0.1) is 16.2 Å². The molecule has 8 nitrogen and oxygen atoms in total. The van der Waals surface area contributed by atoms with Crippen molar-refractivity contribution in [3.05, 3.63) is 4.91 Å². The Morgan fingerprint density at radius 2 is 1.95 bits per heavy atom. The van der Waals surface area contributed by atoms with E-state index in [1.807, 2.05) is 6.92 Å². The minimum atomic E-state index is -1.10. The predicted molar refractivity (Wildman–Crippen MR) is 80.7 cm³/mol. The van der Waals surface area contributed by atoms with E-state index < -0.39 is 35.3 Å². The first-order valence-electron chi connectivity index (χ1n) is 7.37. The molecule has 0 bridgehead atoms. The average molecular weight is 312 g/mol. The molecule has 22 heavy (non-hydrogen) atoms. The van der Waals surface area contributed by atoms with Gasteiger partial charge in [-0.05, 0) is 17.8 Å². The fraction of sp³-hybridized carbons (Fsp3) is 0.786. The van der Waals surface area contributed by atoms with Crippen molar-refractivity contribution in [3.63, 3.8) is 0 Å². The molecule has 1 saturated heterocycles. The molecule has 3 atom stereocenters. The Morgan fingerprint density at radius 3 is 2.36 bits per heavy atom. The smallest absolute Gasteiger partial charge is 0.368 e. The van der Waals surface area contributed by atoms with E-state index in [2.05, 4.69) is 10.5 Å². The van der Waals surface area contributed by atoms with Crippen molar-refractivity contribution in [2.75, 3.05) is 6.54 Å². The Hall–Kier alpha value is -1.99. The van der Waals surface area contributed by atoms with Crippen LogP contribution in [0.2, 0.25) is 0 Å². The first kappa shape index (κ1) is 18.1. The number of primary amides is 1. The number of nitroso groups, excluding NO2 is 1. The molecule has 0 spiro atoms. The first-order chi connectivity index (χ1) is 10.1. The molecule has 0 saturated carbocycles. The molecule has 1 aliphatic rings. The van der Waals surface area contributed by atoms with Gasteiger partial charge in [-0.3, -0.25) is 9.59 Å². The molecule has 1 heterocycles. The maximum Gasteiger partial charge on any atom is 0.379 e. The van der Waals surface area contributed by atoms with E-state index in [-0.39, 0.29) is 5.92 Å². The number of amides is 4. The van der Waals surface area contributed by atoms with Crippen molar-refractivity contribution in [1.29, 1.82) is 0 Å². The molecule has 124 valence electrons. The number of nitrogens with one attached hydrogen (secondary N) is 1. The van der Waals surface area contributed by atoms with Crippen LogP contribution in [0.3, 0.4) is 0 Å². The summed E-state index contributed by atoms with van der Waals surface area (Å²) < 4.78 is 0. The Morgan fingerprint density at radius 1 is 1.36 bits per heavy atom. The van der Waals surface area contributed by atoms with Gasteiger partial charge < -0.3 is 16.0 Å². The molecule has 2 unspecified atom stereocenters. The Balaban J connectivity index is 3.05. The number of carbonyl (C=O) groups excluding carboxylic acids is 3. The number of hydrogen-bond donors (Lipinski definition) is 2. The number of carbonyl (C=O) groups is 3. The van der Waals surface area contributed by atoms with Crippen molar-refractivity contribution in [3.8, 4) is 0 Å². The lowest BCUT2D eigenvalue weighted by Crippen LogP contribution is -2.57. The van der Waals surface area contributed by atoms with Gasteiger partial charge in [0.2, 0.25) is 11.8 Å². The van der Waals surface area contributed by atoms with Gasteiger partial charge in [-0.15, -0.1) is 4.91 Å². The van der Waals surface area contributed by atoms with Gasteiger partial charge in [0.05, 0.1) is 0 Å². The maximum atomic E-state index is 12.8. The van der Waals surface area contributed by atoms with Crippen LogP contribution < -0.4 is 11.1 Å². The second kappa shape index (κ2) is 6.85. The summed E-state index contributed by atoms with van der Waals surface area (Å²) in [4.78, 5) is 47.5. The maximum absolute atomic E-state index is 12.8. The number of nitrogens with two attached hydrogens (primary N) is 1. The number of urea groups is 1. The molecule has 0 aliphatic carbocycles. The number of likely N-dealkylation sites (tertiary alicyclic amines) is 1. The quantitative estimate of drug-likeness (QED) is 0.751. The molecule has 0 aromatic carbocycles.